The van der Waals surface area contributed by atoms with Gasteiger partial charge in [-0.3, -0.25) is 10.1 Å². The van der Waals surface area contributed by atoms with Crippen molar-refractivity contribution >= 4 is 17.5 Å². The minimum absolute atomic E-state index is 0.0335. The molecule has 1 unspecified atom stereocenters. The highest BCUT2D eigenvalue weighted by atomic mass is 16.6. The molecule has 0 saturated carbocycles. The van der Waals surface area contributed by atoms with Crippen molar-refractivity contribution in [3.05, 3.63) is 15.8 Å². The summed E-state index contributed by atoms with van der Waals surface area (Å²) in [4.78, 5) is 21.7. The van der Waals surface area contributed by atoms with E-state index in [1.807, 2.05) is 4.90 Å². The highest BCUT2D eigenvalue weighted by Crippen LogP contribution is 2.32. The molecule has 1 atom stereocenters. The Morgan fingerprint density at radius 1 is 1.48 bits per heavy atom. The Balaban J connectivity index is 2.39. The van der Waals surface area contributed by atoms with E-state index in [1.54, 1.807) is 6.92 Å². The van der Waals surface area contributed by atoms with Crippen LogP contribution in [0.25, 0.3) is 0 Å². The number of nitro groups is 1. The summed E-state index contributed by atoms with van der Waals surface area (Å²) in [5.74, 6) is 1.46. The van der Waals surface area contributed by atoms with Crippen LogP contribution < -0.4 is 10.2 Å². The van der Waals surface area contributed by atoms with Crippen LogP contribution in [0.2, 0.25) is 0 Å². The first-order chi connectivity index (χ1) is 10.0. The van der Waals surface area contributed by atoms with Crippen molar-refractivity contribution in [2.45, 2.75) is 40.0 Å². The van der Waals surface area contributed by atoms with Crippen LogP contribution in [0, 0.1) is 23.0 Å². The Kier molecular flexibility index (Phi) is 4.93. The Morgan fingerprint density at radius 3 is 2.86 bits per heavy atom. The van der Waals surface area contributed by atoms with Crippen LogP contribution in [-0.4, -0.2) is 34.5 Å². The van der Waals surface area contributed by atoms with Crippen molar-refractivity contribution in [1.29, 1.82) is 0 Å². The number of hydrogen-bond donors (Lipinski definition) is 1. The van der Waals surface area contributed by atoms with Gasteiger partial charge in [-0.2, -0.15) is 4.98 Å². The molecule has 21 heavy (non-hydrogen) atoms. The Labute approximate surface area is 124 Å². The van der Waals surface area contributed by atoms with Gasteiger partial charge in [-0.25, -0.2) is 4.98 Å². The molecule has 1 aliphatic rings. The standard InChI is InChI=1S/C14H23N5O2/c1-4-7-15-14-16-11(3)12(19(20)21)13(17-14)18-8-5-6-10(2)9-18/h10H,4-9H2,1-3H3,(H,15,16,17). The van der Waals surface area contributed by atoms with E-state index in [2.05, 4.69) is 29.1 Å². The van der Waals surface area contributed by atoms with Gasteiger partial charge in [-0.05, 0) is 32.1 Å². The fourth-order valence-electron chi connectivity index (χ4n) is 2.68. The lowest BCUT2D eigenvalue weighted by molar-refractivity contribution is -0.385. The number of aromatic nitrogens is 2. The van der Waals surface area contributed by atoms with Crippen molar-refractivity contribution < 1.29 is 4.92 Å². The van der Waals surface area contributed by atoms with Gasteiger partial charge in [0.25, 0.3) is 0 Å². The van der Waals surface area contributed by atoms with Gasteiger partial charge in [0.05, 0.1) is 4.92 Å². The zero-order valence-corrected chi connectivity index (χ0v) is 12.9. The van der Waals surface area contributed by atoms with Gasteiger partial charge in [0, 0.05) is 19.6 Å². The highest BCUT2D eigenvalue weighted by molar-refractivity contribution is 5.62. The minimum Gasteiger partial charge on any atom is -0.354 e. The molecule has 0 aromatic carbocycles. The van der Waals surface area contributed by atoms with Crippen LogP contribution in [0.15, 0.2) is 0 Å². The molecular formula is C14H23N5O2. The summed E-state index contributed by atoms with van der Waals surface area (Å²) < 4.78 is 0. The fourth-order valence-corrected chi connectivity index (χ4v) is 2.68. The molecule has 2 rings (SSSR count). The molecule has 0 amide bonds. The first-order valence-corrected chi connectivity index (χ1v) is 7.54. The quantitative estimate of drug-likeness (QED) is 0.663. The monoisotopic (exact) mass is 293 g/mol. The molecule has 2 heterocycles. The average Bonchev–Trinajstić information content (AvgIpc) is 2.44. The molecule has 0 bridgehead atoms. The number of rotatable bonds is 5. The first-order valence-electron chi connectivity index (χ1n) is 7.54. The molecule has 1 saturated heterocycles. The van der Waals surface area contributed by atoms with E-state index in [0.717, 1.165) is 38.9 Å². The van der Waals surface area contributed by atoms with Gasteiger partial charge in [-0.1, -0.05) is 13.8 Å². The summed E-state index contributed by atoms with van der Waals surface area (Å²) in [6.07, 6.45) is 3.16. The largest absolute Gasteiger partial charge is 0.354 e. The van der Waals surface area contributed by atoms with Crippen LogP contribution >= 0.6 is 0 Å². The van der Waals surface area contributed by atoms with Crippen molar-refractivity contribution in [1.82, 2.24) is 9.97 Å². The lowest BCUT2D eigenvalue weighted by atomic mass is 10.0. The zero-order chi connectivity index (χ0) is 15.4. The van der Waals surface area contributed by atoms with Gasteiger partial charge < -0.3 is 10.2 Å². The van der Waals surface area contributed by atoms with Gasteiger partial charge in [0.2, 0.25) is 11.8 Å². The van der Waals surface area contributed by atoms with E-state index in [-0.39, 0.29) is 10.6 Å². The van der Waals surface area contributed by atoms with Gasteiger partial charge >= 0.3 is 5.69 Å². The summed E-state index contributed by atoms with van der Waals surface area (Å²) >= 11 is 0. The maximum absolute atomic E-state index is 11.4. The second-order valence-electron chi connectivity index (χ2n) is 5.68. The van der Waals surface area contributed by atoms with Crippen molar-refractivity contribution in [2.24, 2.45) is 5.92 Å². The molecule has 7 heteroatoms. The molecule has 1 aliphatic heterocycles. The van der Waals surface area contributed by atoms with Crippen molar-refractivity contribution in [3.63, 3.8) is 0 Å². The predicted molar refractivity (Wildman–Crippen MR) is 82.8 cm³/mol. The van der Waals surface area contributed by atoms with Gasteiger partial charge in [0.15, 0.2) is 0 Å². The molecule has 1 aromatic rings. The van der Waals surface area contributed by atoms with Crippen LogP contribution in [-0.2, 0) is 0 Å². The highest BCUT2D eigenvalue weighted by Gasteiger charge is 2.28. The van der Waals surface area contributed by atoms with E-state index in [1.165, 1.54) is 0 Å². The lowest BCUT2D eigenvalue weighted by Crippen LogP contribution is -2.35. The van der Waals surface area contributed by atoms with E-state index < -0.39 is 0 Å². The molecule has 1 N–H and O–H groups in total. The molecule has 116 valence electrons. The molecular weight excluding hydrogens is 270 g/mol. The molecule has 1 aromatic heterocycles. The van der Waals surface area contributed by atoms with E-state index in [9.17, 15) is 10.1 Å². The molecule has 1 fully saturated rings. The third kappa shape index (κ3) is 3.59. The normalized spacial score (nSPS) is 18.6. The molecule has 7 nitrogen and oxygen atoms in total. The molecule has 0 aliphatic carbocycles. The summed E-state index contributed by atoms with van der Waals surface area (Å²) in [7, 11) is 0. The van der Waals surface area contributed by atoms with E-state index >= 15 is 0 Å². The minimum atomic E-state index is -0.368. The zero-order valence-electron chi connectivity index (χ0n) is 12.9. The number of nitrogens with zero attached hydrogens (tertiary/aromatic N) is 4. The molecule has 0 radical (unpaired) electrons. The number of hydrogen-bond acceptors (Lipinski definition) is 6. The third-order valence-corrected chi connectivity index (χ3v) is 3.71. The summed E-state index contributed by atoms with van der Waals surface area (Å²) in [6, 6.07) is 0. The second kappa shape index (κ2) is 6.69. The maximum Gasteiger partial charge on any atom is 0.332 e. The van der Waals surface area contributed by atoms with Gasteiger partial charge in [0.1, 0.15) is 5.69 Å². The Morgan fingerprint density at radius 2 is 2.24 bits per heavy atom. The summed E-state index contributed by atoms with van der Waals surface area (Å²) in [6.45, 7) is 8.28. The number of piperidine rings is 1. The summed E-state index contributed by atoms with van der Waals surface area (Å²) in [5.41, 5.74) is 0.452. The van der Waals surface area contributed by atoms with Crippen LogP contribution in [0.1, 0.15) is 38.8 Å². The van der Waals surface area contributed by atoms with Crippen molar-refractivity contribution in [2.75, 3.05) is 29.9 Å². The number of aryl methyl sites for hydroxylation is 1. The average molecular weight is 293 g/mol. The van der Waals surface area contributed by atoms with E-state index in [0.29, 0.717) is 23.4 Å². The molecule has 0 spiro atoms. The number of anilines is 2. The van der Waals surface area contributed by atoms with Crippen LogP contribution in [0.4, 0.5) is 17.5 Å². The lowest BCUT2D eigenvalue weighted by Gasteiger charge is -2.31. The Hall–Kier alpha value is -1.92. The number of nitrogens with one attached hydrogen (secondary N) is 1. The summed E-state index contributed by atoms with van der Waals surface area (Å²) in [5, 5.41) is 14.5. The predicted octanol–water partition coefficient (Wildman–Crippen LogP) is 2.75. The van der Waals surface area contributed by atoms with Crippen molar-refractivity contribution in [3.8, 4) is 0 Å². The Bertz CT molecular complexity index is 520. The topological polar surface area (TPSA) is 84.2 Å². The van der Waals surface area contributed by atoms with Crippen LogP contribution in [0.3, 0.4) is 0 Å². The van der Waals surface area contributed by atoms with Crippen LogP contribution in [0.5, 0.6) is 0 Å². The maximum atomic E-state index is 11.4. The van der Waals surface area contributed by atoms with Gasteiger partial charge in [-0.15, -0.1) is 0 Å². The van der Waals surface area contributed by atoms with E-state index in [4.69, 9.17) is 0 Å². The fraction of sp³-hybridized carbons (Fsp3) is 0.714. The smallest absolute Gasteiger partial charge is 0.332 e. The second-order valence-corrected chi connectivity index (χ2v) is 5.68. The first kappa shape index (κ1) is 15.5. The SMILES string of the molecule is CCCNc1nc(C)c([N+](=O)[O-])c(N2CCCC(C)C2)n1. The third-order valence-electron chi connectivity index (χ3n) is 3.71.